The van der Waals surface area contributed by atoms with E-state index >= 15 is 0 Å². The van der Waals surface area contributed by atoms with E-state index in [4.69, 9.17) is 5.26 Å². The van der Waals surface area contributed by atoms with Crippen LogP contribution in [0.4, 0.5) is 0 Å². The van der Waals surface area contributed by atoms with Crippen LogP contribution in [0.1, 0.15) is 41.1 Å². The van der Waals surface area contributed by atoms with Gasteiger partial charge < -0.3 is 5.32 Å². The fraction of sp³-hybridized carbons (Fsp3) is 0.538. The molecule has 1 aliphatic rings. The highest BCUT2D eigenvalue weighted by Gasteiger charge is 2.50. The van der Waals surface area contributed by atoms with Crippen molar-refractivity contribution in [3.63, 3.8) is 0 Å². The van der Waals surface area contributed by atoms with Crippen molar-refractivity contribution in [2.45, 2.75) is 39.7 Å². The Hall–Kier alpha value is -1.34. The molecule has 1 fully saturated rings. The number of hydrogen-bond acceptors (Lipinski definition) is 3. The maximum Gasteiger partial charge on any atom is 0.240 e. The van der Waals surface area contributed by atoms with Gasteiger partial charge in [0, 0.05) is 9.75 Å². The van der Waals surface area contributed by atoms with Crippen molar-refractivity contribution < 1.29 is 4.79 Å². The molecule has 1 heterocycles. The molecule has 3 nitrogen and oxygen atoms in total. The van der Waals surface area contributed by atoms with Gasteiger partial charge in [0.2, 0.25) is 5.91 Å². The minimum Gasteiger partial charge on any atom is -0.348 e. The van der Waals surface area contributed by atoms with Crippen molar-refractivity contribution in [2.24, 2.45) is 5.41 Å². The van der Waals surface area contributed by atoms with Crippen molar-refractivity contribution in [1.29, 1.82) is 5.26 Å². The normalized spacial score (nSPS) is 18.2. The lowest BCUT2D eigenvalue weighted by atomic mass is 10.1. The summed E-state index contributed by atoms with van der Waals surface area (Å²) >= 11 is 1.74. The first-order chi connectivity index (χ1) is 7.98. The number of aryl methyl sites for hydroxylation is 2. The first-order valence-electron chi connectivity index (χ1n) is 5.78. The van der Waals surface area contributed by atoms with E-state index in [0.717, 1.165) is 5.56 Å². The highest BCUT2D eigenvalue weighted by molar-refractivity contribution is 7.12. The molecule has 17 heavy (non-hydrogen) atoms. The lowest BCUT2D eigenvalue weighted by Gasteiger charge is -2.15. The van der Waals surface area contributed by atoms with Gasteiger partial charge in [0.1, 0.15) is 5.41 Å². The zero-order valence-electron chi connectivity index (χ0n) is 10.3. The third-order valence-electron chi connectivity index (χ3n) is 3.29. The molecule has 0 aromatic carbocycles. The maximum atomic E-state index is 11.9. The summed E-state index contributed by atoms with van der Waals surface area (Å²) in [4.78, 5) is 14.4. The molecule has 1 amide bonds. The Kier molecular flexibility index (Phi) is 2.96. The zero-order chi connectivity index (χ0) is 12.6. The molecule has 1 unspecified atom stereocenters. The molecular formula is C13H16N2OS. The summed E-state index contributed by atoms with van der Waals surface area (Å²) in [6.45, 7) is 6.10. The average molecular weight is 248 g/mol. The largest absolute Gasteiger partial charge is 0.348 e. The van der Waals surface area contributed by atoms with Crippen LogP contribution in [0.5, 0.6) is 0 Å². The number of carbonyl (C=O) groups is 1. The number of rotatable bonds is 3. The number of thiophene rings is 1. The Morgan fingerprint density at radius 1 is 1.59 bits per heavy atom. The van der Waals surface area contributed by atoms with Gasteiger partial charge in [-0.1, -0.05) is 0 Å². The molecule has 0 saturated heterocycles. The van der Waals surface area contributed by atoms with E-state index in [9.17, 15) is 4.79 Å². The predicted molar refractivity (Wildman–Crippen MR) is 67.6 cm³/mol. The van der Waals surface area contributed by atoms with Crippen LogP contribution in [-0.4, -0.2) is 5.91 Å². The van der Waals surface area contributed by atoms with Crippen LogP contribution >= 0.6 is 11.3 Å². The highest BCUT2D eigenvalue weighted by atomic mass is 32.1. The Morgan fingerprint density at radius 3 is 2.65 bits per heavy atom. The Labute approximate surface area is 105 Å². The molecule has 0 aliphatic heterocycles. The first kappa shape index (κ1) is 12.1. The quantitative estimate of drug-likeness (QED) is 0.894. The van der Waals surface area contributed by atoms with Crippen LogP contribution < -0.4 is 5.32 Å². The van der Waals surface area contributed by atoms with E-state index in [1.54, 1.807) is 11.3 Å². The van der Waals surface area contributed by atoms with Crippen LogP contribution in [0.25, 0.3) is 0 Å². The molecule has 4 heteroatoms. The van der Waals surface area contributed by atoms with Gasteiger partial charge in [0.05, 0.1) is 12.1 Å². The van der Waals surface area contributed by atoms with Gasteiger partial charge in [-0.25, -0.2) is 0 Å². The van der Waals surface area contributed by atoms with Crippen molar-refractivity contribution in [3.8, 4) is 6.07 Å². The van der Waals surface area contributed by atoms with Crippen molar-refractivity contribution in [3.05, 3.63) is 21.4 Å². The third-order valence-corrected chi connectivity index (χ3v) is 4.27. The average Bonchev–Trinajstić information content (AvgIpc) is 2.99. The number of amides is 1. The second-order valence-electron chi connectivity index (χ2n) is 4.76. The van der Waals surface area contributed by atoms with E-state index in [0.29, 0.717) is 12.8 Å². The SMILES string of the molecule is Cc1cc(C(C)NC(=O)C2(C#N)CC2)c(C)s1. The van der Waals surface area contributed by atoms with Gasteiger partial charge in [-0.05, 0) is 45.2 Å². The summed E-state index contributed by atoms with van der Waals surface area (Å²) in [5.74, 6) is -0.115. The van der Waals surface area contributed by atoms with Crippen LogP contribution in [0, 0.1) is 30.6 Å². The van der Waals surface area contributed by atoms with Crippen molar-refractivity contribution in [1.82, 2.24) is 5.32 Å². The van der Waals surface area contributed by atoms with Crippen LogP contribution in [0.2, 0.25) is 0 Å². The minimum absolute atomic E-state index is 0.0155. The topological polar surface area (TPSA) is 52.9 Å². The van der Waals surface area contributed by atoms with Gasteiger partial charge in [-0.15, -0.1) is 11.3 Å². The minimum atomic E-state index is -0.729. The number of nitriles is 1. The van der Waals surface area contributed by atoms with E-state index < -0.39 is 5.41 Å². The lowest BCUT2D eigenvalue weighted by molar-refractivity contribution is -0.125. The summed E-state index contributed by atoms with van der Waals surface area (Å²) in [6.07, 6.45) is 1.40. The number of hydrogen-bond donors (Lipinski definition) is 1. The van der Waals surface area contributed by atoms with Gasteiger partial charge in [-0.3, -0.25) is 4.79 Å². The van der Waals surface area contributed by atoms with Crippen LogP contribution in [-0.2, 0) is 4.79 Å². The van der Waals surface area contributed by atoms with E-state index in [2.05, 4.69) is 31.3 Å². The molecule has 1 aliphatic carbocycles. The molecule has 1 aromatic rings. The molecular weight excluding hydrogens is 232 g/mol. The zero-order valence-corrected chi connectivity index (χ0v) is 11.1. The predicted octanol–water partition coefficient (Wildman–Crippen LogP) is 2.85. The number of nitrogens with zero attached hydrogens (tertiary/aromatic N) is 1. The fourth-order valence-electron chi connectivity index (χ4n) is 2.01. The number of carbonyl (C=O) groups excluding carboxylic acids is 1. The molecule has 1 atom stereocenters. The summed E-state index contributed by atoms with van der Waals surface area (Å²) < 4.78 is 0. The van der Waals surface area contributed by atoms with Crippen molar-refractivity contribution >= 4 is 17.2 Å². The molecule has 0 bridgehead atoms. The van der Waals surface area contributed by atoms with Crippen LogP contribution in [0.15, 0.2) is 6.07 Å². The smallest absolute Gasteiger partial charge is 0.240 e. The highest BCUT2D eigenvalue weighted by Crippen LogP contribution is 2.45. The molecule has 0 radical (unpaired) electrons. The maximum absolute atomic E-state index is 11.9. The molecule has 90 valence electrons. The lowest BCUT2D eigenvalue weighted by Crippen LogP contribution is -2.33. The summed E-state index contributed by atoms with van der Waals surface area (Å²) in [7, 11) is 0. The van der Waals surface area contributed by atoms with E-state index in [1.165, 1.54) is 9.75 Å². The standard InChI is InChI=1S/C13H16N2OS/c1-8-6-11(10(3)17-8)9(2)15-12(16)13(7-14)4-5-13/h6,9H,4-5H2,1-3H3,(H,15,16). The van der Waals surface area contributed by atoms with E-state index in [-0.39, 0.29) is 11.9 Å². The van der Waals surface area contributed by atoms with E-state index in [1.807, 2.05) is 6.92 Å². The molecule has 2 rings (SSSR count). The molecule has 1 saturated carbocycles. The Bertz CT molecular complexity index is 494. The van der Waals surface area contributed by atoms with Gasteiger partial charge in [-0.2, -0.15) is 5.26 Å². The number of nitrogens with one attached hydrogen (secondary N) is 1. The summed E-state index contributed by atoms with van der Waals surface area (Å²) in [5.41, 5.74) is 0.433. The first-order valence-corrected chi connectivity index (χ1v) is 6.59. The Morgan fingerprint density at radius 2 is 2.24 bits per heavy atom. The van der Waals surface area contributed by atoms with Crippen LogP contribution in [0.3, 0.4) is 0 Å². The molecule has 1 N–H and O–H groups in total. The summed E-state index contributed by atoms with van der Waals surface area (Å²) in [5, 5.41) is 11.9. The van der Waals surface area contributed by atoms with Gasteiger partial charge >= 0.3 is 0 Å². The molecule has 0 spiro atoms. The monoisotopic (exact) mass is 248 g/mol. The second kappa shape index (κ2) is 4.15. The Balaban J connectivity index is 2.08. The molecule has 1 aromatic heterocycles. The fourth-order valence-corrected chi connectivity index (χ4v) is 3.03. The van der Waals surface area contributed by atoms with Gasteiger partial charge in [0.15, 0.2) is 0 Å². The summed E-state index contributed by atoms with van der Waals surface area (Å²) in [6, 6.07) is 4.21. The third kappa shape index (κ3) is 2.20. The van der Waals surface area contributed by atoms with Crippen molar-refractivity contribution in [2.75, 3.05) is 0 Å². The second-order valence-corrected chi connectivity index (χ2v) is 6.22. The van der Waals surface area contributed by atoms with Gasteiger partial charge in [0.25, 0.3) is 0 Å².